The zero-order valence-corrected chi connectivity index (χ0v) is 26.4. The van der Waals surface area contributed by atoms with Gasteiger partial charge in [-0.25, -0.2) is 14.6 Å². The van der Waals surface area contributed by atoms with Gasteiger partial charge in [0, 0.05) is 70.6 Å². The summed E-state index contributed by atoms with van der Waals surface area (Å²) in [6, 6.07) is 26.5. The number of hydrogen-bond acceptors (Lipinski definition) is 4. The third-order valence-electron chi connectivity index (χ3n) is 8.86. The number of likely N-dealkylation sites (tertiary alicyclic amines) is 1. The standard InChI is InChI=1S/C37H42N6O3/c1-46-22-8-18-41(37(45)42-21-17-32(26-42)35-14-7-12-31-11-5-6-13-34(31)35)27-33-24-38-28-43(33)25-30-15-19-40(20-16-30)36(44)39-23-29-9-3-2-4-10-29/h2-7,9-14,17,21,24,26,28,30H,8,15-16,18-20,22-23,25,27H2,1H3,(H,39,44). The van der Waals surface area contributed by atoms with Gasteiger partial charge in [-0.1, -0.05) is 72.8 Å². The van der Waals surface area contributed by atoms with Crippen molar-refractivity contribution in [2.75, 3.05) is 33.4 Å². The Hall–Kier alpha value is -4.89. The number of imidazole rings is 1. The molecule has 0 saturated carbocycles. The Kier molecular flexibility index (Phi) is 10.1. The van der Waals surface area contributed by atoms with Crippen molar-refractivity contribution in [1.29, 1.82) is 0 Å². The molecule has 1 fully saturated rings. The van der Waals surface area contributed by atoms with E-state index in [1.807, 2.05) is 83.2 Å². The maximum atomic E-state index is 13.9. The van der Waals surface area contributed by atoms with Crippen LogP contribution in [0.1, 0.15) is 30.5 Å². The summed E-state index contributed by atoms with van der Waals surface area (Å²) in [6.45, 7) is 4.39. The molecule has 1 aliphatic heterocycles. The molecule has 9 nitrogen and oxygen atoms in total. The second-order valence-corrected chi connectivity index (χ2v) is 12.0. The molecule has 3 amide bonds. The van der Waals surface area contributed by atoms with Gasteiger partial charge >= 0.3 is 12.1 Å². The number of carbonyl (C=O) groups is 2. The van der Waals surface area contributed by atoms with Gasteiger partial charge in [-0.05, 0) is 53.1 Å². The molecule has 3 heterocycles. The predicted octanol–water partition coefficient (Wildman–Crippen LogP) is 6.63. The lowest BCUT2D eigenvalue weighted by atomic mass is 9.97. The Morgan fingerprint density at radius 3 is 2.59 bits per heavy atom. The number of piperidine rings is 1. The fourth-order valence-electron chi connectivity index (χ4n) is 6.28. The predicted molar refractivity (Wildman–Crippen MR) is 180 cm³/mol. The number of carbonyl (C=O) groups excluding carboxylic acids is 2. The first-order valence-corrected chi connectivity index (χ1v) is 16.1. The highest BCUT2D eigenvalue weighted by molar-refractivity contribution is 5.97. The van der Waals surface area contributed by atoms with E-state index in [-0.39, 0.29) is 12.1 Å². The molecule has 46 heavy (non-hydrogen) atoms. The first kappa shape index (κ1) is 31.1. The van der Waals surface area contributed by atoms with E-state index in [9.17, 15) is 9.59 Å². The summed E-state index contributed by atoms with van der Waals surface area (Å²) in [6.07, 6.45) is 10.1. The van der Waals surface area contributed by atoms with Crippen LogP contribution < -0.4 is 5.32 Å². The molecule has 1 saturated heterocycles. The summed E-state index contributed by atoms with van der Waals surface area (Å²) >= 11 is 0. The van der Waals surface area contributed by atoms with Gasteiger partial charge in [0.05, 0.1) is 18.6 Å². The molecule has 0 unspecified atom stereocenters. The Morgan fingerprint density at radius 2 is 1.76 bits per heavy atom. The third-order valence-corrected chi connectivity index (χ3v) is 8.86. The van der Waals surface area contributed by atoms with E-state index in [4.69, 9.17) is 4.74 Å². The monoisotopic (exact) mass is 618 g/mol. The van der Waals surface area contributed by atoms with Crippen molar-refractivity contribution in [2.24, 2.45) is 5.92 Å². The van der Waals surface area contributed by atoms with Crippen LogP contribution in [0.15, 0.2) is 104 Å². The molecule has 238 valence electrons. The molecule has 0 spiro atoms. The van der Waals surface area contributed by atoms with Crippen molar-refractivity contribution in [1.82, 2.24) is 29.2 Å². The summed E-state index contributed by atoms with van der Waals surface area (Å²) in [4.78, 5) is 34.9. The lowest BCUT2D eigenvalue weighted by Gasteiger charge is -2.32. The fraction of sp³-hybridized carbons (Fsp3) is 0.324. The van der Waals surface area contributed by atoms with Crippen LogP contribution in [0.25, 0.3) is 21.9 Å². The lowest BCUT2D eigenvalue weighted by Crippen LogP contribution is -2.44. The molecule has 0 radical (unpaired) electrons. The second kappa shape index (κ2) is 14.9. The minimum absolute atomic E-state index is 0.00976. The zero-order valence-electron chi connectivity index (χ0n) is 26.4. The van der Waals surface area contributed by atoms with Gasteiger partial charge in [0.2, 0.25) is 0 Å². The lowest BCUT2D eigenvalue weighted by molar-refractivity contribution is 0.162. The molecular weight excluding hydrogens is 576 g/mol. The van der Waals surface area contributed by atoms with E-state index in [0.717, 1.165) is 66.7 Å². The average Bonchev–Trinajstić information content (AvgIpc) is 3.77. The Balaban J connectivity index is 1.08. The van der Waals surface area contributed by atoms with Crippen LogP contribution >= 0.6 is 0 Å². The van der Waals surface area contributed by atoms with Crippen molar-refractivity contribution < 1.29 is 14.3 Å². The highest BCUT2D eigenvalue weighted by Crippen LogP contribution is 2.29. The van der Waals surface area contributed by atoms with Gasteiger partial charge in [0.15, 0.2) is 0 Å². The molecule has 1 N–H and O–H groups in total. The minimum atomic E-state index is -0.0786. The molecule has 3 aromatic carbocycles. The molecule has 6 rings (SSSR count). The van der Waals surface area contributed by atoms with Gasteiger partial charge in [-0.2, -0.15) is 0 Å². The fourth-order valence-corrected chi connectivity index (χ4v) is 6.28. The molecule has 5 aromatic rings. The molecule has 2 aromatic heterocycles. The Bertz CT molecular complexity index is 1730. The van der Waals surface area contributed by atoms with Crippen LogP contribution in [-0.4, -0.2) is 69.3 Å². The molecule has 0 atom stereocenters. The van der Waals surface area contributed by atoms with Crippen molar-refractivity contribution in [2.45, 2.75) is 38.9 Å². The first-order valence-electron chi connectivity index (χ1n) is 16.1. The van der Waals surface area contributed by atoms with Crippen LogP contribution in [0.2, 0.25) is 0 Å². The van der Waals surface area contributed by atoms with E-state index in [1.54, 1.807) is 11.7 Å². The van der Waals surface area contributed by atoms with Gasteiger partial charge < -0.3 is 24.4 Å². The van der Waals surface area contributed by atoms with Gasteiger partial charge in [-0.15, -0.1) is 0 Å². The SMILES string of the molecule is COCCCN(Cc1cncn1CC1CCN(C(=O)NCc2ccccc2)CC1)C(=O)n1ccc(-c2cccc3ccccc23)c1. The maximum Gasteiger partial charge on any atom is 0.328 e. The summed E-state index contributed by atoms with van der Waals surface area (Å²) in [7, 11) is 1.68. The average molecular weight is 619 g/mol. The molecular formula is C37H42N6O3. The molecule has 0 aliphatic carbocycles. The highest BCUT2D eigenvalue weighted by Gasteiger charge is 2.24. The largest absolute Gasteiger partial charge is 0.385 e. The number of methoxy groups -OCH3 is 1. The number of rotatable bonds is 11. The van der Waals surface area contributed by atoms with E-state index in [2.05, 4.69) is 45.2 Å². The van der Waals surface area contributed by atoms with Gasteiger partial charge in [0.25, 0.3) is 0 Å². The van der Waals surface area contributed by atoms with Gasteiger partial charge in [0.1, 0.15) is 0 Å². The highest BCUT2D eigenvalue weighted by atomic mass is 16.5. The third kappa shape index (κ3) is 7.49. The van der Waals surface area contributed by atoms with E-state index in [0.29, 0.717) is 32.2 Å². The maximum absolute atomic E-state index is 13.9. The number of hydrogen-bond donors (Lipinski definition) is 1. The first-order chi connectivity index (χ1) is 22.6. The number of aromatic nitrogens is 3. The number of nitrogens with one attached hydrogen (secondary N) is 1. The number of fused-ring (bicyclic) bond motifs is 1. The normalized spacial score (nSPS) is 13.6. The smallest absolute Gasteiger partial charge is 0.328 e. The van der Waals surface area contributed by atoms with Crippen molar-refractivity contribution >= 4 is 22.8 Å². The summed E-state index contributed by atoms with van der Waals surface area (Å²) < 4.78 is 9.16. The van der Waals surface area contributed by atoms with Gasteiger partial charge in [-0.3, -0.25) is 4.57 Å². The molecule has 0 bridgehead atoms. The summed E-state index contributed by atoms with van der Waals surface area (Å²) in [5.41, 5.74) is 4.20. The van der Waals surface area contributed by atoms with E-state index < -0.39 is 0 Å². The Morgan fingerprint density at radius 1 is 0.978 bits per heavy atom. The van der Waals surface area contributed by atoms with Crippen LogP contribution in [0.3, 0.4) is 0 Å². The number of urea groups is 1. The van der Waals surface area contributed by atoms with Crippen LogP contribution in [-0.2, 0) is 24.4 Å². The van der Waals surface area contributed by atoms with Crippen molar-refractivity contribution in [3.63, 3.8) is 0 Å². The quantitative estimate of drug-likeness (QED) is 0.168. The van der Waals surface area contributed by atoms with Crippen molar-refractivity contribution in [3.05, 3.63) is 115 Å². The molecule has 1 aliphatic rings. The summed E-state index contributed by atoms with van der Waals surface area (Å²) in [5, 5.41) is 5.38. The Labute approximate surface area is 270 Å². The molecule has 9 heteroatoms. The number of amides is 3. The number of ether oxygens (including phenoxy) is 1. The number of nitrogens with zero attached hydrogens (tertiary/aromatic N) is 5. The van der Waals surface area contributed by atoms with Crippen molar-refractivity contribution in [3.8, 4) is 11.1 Å². The number of benzene rings is 3. The summed E-state index contributed by atoms with van der Waals surface area (Å²) in [5.74, 6) is 0.427. The topological polar surface area (TPSA) is 84.6 Å². The van der Waals surface area contributed by atoms with Crippen LogP contribution in [0.4, 0.5) is 9.59 Å². The second-order valence-electron chi connectivity index (χ2n) is 12.0. The zero-order chi connectivity index (χ0) is 31.7. The van der Waals surface area contributed by atoms with E-state index >= 15 is 0 Å². The minimum Gasteiger partial charge on any atom is -0.385 e. The van der Waals surface area contributed by atoms with E-state index in [1.165, 1.54) is 5.39 Å². The van der Waals surface area contributed by atoms with Crippen LogP contribution in [0.5, 0.6) is 0 Å². The van der Waals surface area contributed by atoms with Crippen LogP contribution in [0, 0.1) is 5.92 Å².